The summed E-state index contributed by atoms with van der Waals surface area (Å²) in [6, 6.07) is 7.44. The van der Waals surface area contributed by atoms with E-state index < -0.39 is 6.10 Å². The number of piperazine rings is 1. The van der Waals surface area contributed by atoms with Gasteiger partial charge in [0.25, 0.3) is 0 Å². The van der Waals surface area contributed by atoms with Gasteiger partial charge in [-0.1, -0.05) is 23.7 Å². The number of hydrogen-bond donors (Lipinski definition) is 2. The first-order valence-corrected chi connectivity index (χ1v) is 6.00. The predicted molar refractivity (Wildman–Crippen MR) is 73.0 cm³/mol. The SMILES string of the molecule is Cl.OC(CN1CCNCC1)c1cccc(Cl)c1. The van der Waals surface area contributed by atoms with Crippen molar-refractivity contribution < 1.29 is 5.11 Å². The van der Waals surface area contributed by atoms with Gasteiger partial charge in [0.05, 0.1) is 6.10 Å². The van der Waals surface area contributed by atoms with Crippen LogP contribution in [0.4, 0.5) is 0 Å². The molecule has 3 nitrogen and oxygen atoms in total. The van der Waals surface area contributed by atoms with E-state index in [0.29, 0.717) is 11.6 Å². The molecule has 0 amide bonds. The highest BCUT2D eigenvalue weighted by Gasteiger charge is 2.15. The van der Waals surface area contributed by atoms with E-state index in [9.17, 15) is 5.11 Å². The third kappa shape index (κ3) is 4.45. The van der Waals surface area contributed by atoms with E-state index in [0.717, 1.165) is 31.7 Å². The standard InChI is InChI=1S/C12H17ClN2O.ClH/c13-11-3-1-2-10(8-11)12(16)9-15-6-4-14-5-7-15;/h1-3,8,12,14,16H,4-7,9H2;1H. The lowest BCUT2D eigenvalue weighted by Crippen LogP contribution is -2.44. The van der Waals surface area contributed by atoms with E-state index in [4.69, 9.17) is 11.6 Å². The van der Waals surface area contributed by atoms with Crippen LogP contribution in [0.2, 0.25) is 5.02 Å². The minimum absolute atomic E-state index is 0. The Morgan fingerprint density at radius 1 is 1.35 bits per heavy atom. The first kappa shape index (κ1) is 14.7. The number of nitrogens with zero attached hydrogens (tertiary/aromatic N) is 1. The maximum absolute atomic E-state index is 10.1. The molecule has 2 rings (SSSR count). The zero-order valence-electron chi connectivity index (χ0n) is 9.60. The van der Waals surface area contributed by atoms with E-state index in [1.807, 2.05) is 24.3 Å². The molecule has 1 atom stereocenters. The van der Waals surface area contributed by atoms with Gasteiger partial charge in [0.15, 0.2) is 0 Å². The molecule has 1 saturated heterocycles. The lowest BCUT2D eigenvalue weighted by atomic mass is 10.1. The van der Waals surface area contributed by atoms with Crippen molar-refractivity contribution in [2.24, 2.45) is 0 Å². The van der Waals surface area contributed by atoms with Gasteiger partial charge in [-0.25, -0.2) is 0 Å². The lowest BCUT2D eigenvalue weighted by Gasteiger charge is -2.29. The second-order valence-corrected chi connectivity index (χ2v) is 4.56. The van der Waals surface area contributed by atoms with Crippen molar-refractivity contribution in [3.63, 3.8) is 0 Å². The van der Waals surface area contributed by atoms with E-state index in [1.54, 1.807) is 0 Å². The van der Waals surface area contributed by atoms with Crippen molar-refractivity contribution in [3.05, 3.63) is 34.9 Å². The molecule has 1 aromatic rings. The van der Waals surface area contributed by atoms with Crippen LogP contribution in [0.5, 0.6) is 0 Å². The minimum atomic E-state index is -0.447. The third-order valence-corrected chi connectivity index (χ3v) is 3.11. The van der Waals surface area contributed by atoms with Crippen molar-refractivity contribution in [3.8, 4) is 0 Å². The summed E-state index contributed by atoms with van der Waals surface area (Å²) in [5.74, 6) is 0. The Morgan fingerprint density at radius 2 is 2.06 bits per heavy atom. The van der Waals surface area contributed by atoms with E-state index in [-0.39, 0.29) is 12.4 Å². The Morgan fingerprint density at radius 3 is 2.71 bits per heavy atom. The van der Waals surface area contributed by atoms with Gasteiger partial charge in [-0.2, -0.15) is 0 Å². The molecule has 0 saturated carbocycles. The van der Waals surface area contributed by atoms with Gasteiger partial charge in [0.2, 0.25) is 0 Å². The highest BCUT2D eigenvalue weighted by atomic mass is 35.5. The van der Waals surface area contributed by atoms with Crippen LogP contribution >= 0.6 is 24.0 Å². The Bertz CT molecular complexity index is 343. The molecule has 96 valence electrons. The van der Waals surface area contributed by atoms with Crippen molar-refractivity contribution in [2.75, 3.05) is 32.7 Å². The van der Waals surface area contributed by atoms with Gasteiger partial charge in [-0.15, -0.1) is 12.4 Å². The normalized spacial score (nSPS) is 18.5. The van der Waals surface area contributed by atoms with E-state index in [1.165, 1.54) is 0 Å². The smallest absolute Gasteiger partial charge is 0.0917 e. The molecule has 1 fully saturated rings. The second-order valence-electron chi connectivity index (χ2n) is 4.12. The Balaban J connectivity index is 0.00000144. The number of rotatable bonds is 3. The average Bonchev–Trinajstić information content (AvgIpc) is 2.30. The first-order valence-electron chi connectivity index (χ1n) is 5.62. The van der Waals surface area contributed by atoms with Crippen LogP contribution in [0.25, 0.3) is 0 Å². The molecular formula is C12H18Cl2N2O. The van der Waals surface area contributed by atoms with Gasteiger partial charge in [0, 0.05) is 37.7 Å². The molecule has 1 aliphatic rings. The van der Waals surface area contributed by atoms with Crippen molar-refractivity contribution in [1.29, 1.82) is 0 Å². The summed E-state index contributed by atoms with van der Waals surface area (Å²) in [5.41, 5.74) is 0.894. The largest absolute Gasteiger partial charge is 0.387 e. The molecule has 1 aliphatic heterocycles. The van der Waals surface area contributed by atoms with Gasteiger partial charge in [-0.05, 0) is 17.7 Å². The first-order chi connectivity index (χ1) is 7.75. The fraction of sp³-hybridized carbons (Fsp3) is 0.500. The van der Waals surface area contributed by atoms with Gasteiger partial charge >= 0.3 is 0 Å². The molecular weight excluding hydrogens is 259 g/mol. The molecule has 17 heavy (non-hydrogen) atoms. The highest BCUT2D eigenvalue weighted by Crippen LogP contribution is 2.18. The molecule has 0 spiro atoms. The summed E-state index contributed by atoms with van der Waals surface area (Å²) >= 11 is 5.90. The van der Waals surface area contributed by atoms with Crippen LogP contribution in [0.1, 0.15) is 11.7 Å². The lowest BCUT2D eigenvalue weighted by molar-refractivity contribution is 0.105. The Labute approximate surface area is 113 Å². The van der Waals surface area contributed by atoms with Crippen LogP contribution < -0.4 is 5.32 Å². The molecule has 0 aromatic heterocycles. The predicted octanol–water partition coefficient (Wildman–Crippen LogP) is 1.70. The van der Waals surface area contributed by atoms with Gasteiger partial charge in [0.1, 0.15) is 0 Å². The fourth-order valence-corrected chi connectivity index (χ4v) is 2.16. The zero-order valence-corrected chi connectivity index (χ0v) is 11.2. The number of aliphatic hydroxyl groups is 1. The average molecular weight is 277 g/mol. The molecule has 1 heterocycles. The van der Waals surface area contributed by atoms with E-state index >= 15 is 0 Å². The fourth-order valence-electron chi connectivity index (χ4n) is 1.96. The van der Waals surface area contributed by atoms with Crippen molar-refractivity contribution in [2.45, 2.75) is 6.10 Å². The molecule has 0 aliphatic carbocycles. The molecule has 1 aromatic carbocycles. The summed E-state index contributed by atoms with van der Waals surface area (Å²) in [6.45, 7) is 4.68. The van der Waals surface area contributed by atoms with Gasteiger partial charge in [-0.3, -0.25) is 4.90 Å². The van der Waals surface area contributed by atoms with Crippen LogP contribution in [0, 0.1) is 0 Å². The summed E-state index contributed by atoms with van der Waals surface area (Å²) < 4.78 is 0. The quantitative estimate of drug-likeness (QED) is 0.882. The Hall–Kier alpha value is -0.320. The number of β-amino-alcohol motifs (C(OH)–C–C–N with tert-alkyl or cyclic N) is 1. The molecule has 0 radical (unpaired) electrons. The maximum atomic E-state index is 10.1. The number of aliphatic hydroxyl groups excluding tert-OH is 1. The number of nitrogens with one attached hydrogen (secondary N) is 1. The van der Waals surface area contributed by atoms with Crippen molar-refractivity contribution in [1.82, 2.24) is 10.2 Å². The van der Waals surface area contributed by atoms with Crippen LogP contribution in [-0.2, 0) is 0 Å². The highest BCUT2D eigenvalue weighted by molar-refractivity contribution is 6.30. The number of halogens is 2. The number of hydrogen-bond acceptors (Lipinski definition) is 3. The molecule has 2 N–H and O–H groups in total. The number of benzene rings is 1. The minimum Gasteiger partial charge on any atom is -0.387 e. The second kappa shape index (κ2) is 7.19. The summed E-state index contributed by atoms with van der Waals surface area (Å²) in [7, 11) is 0. The molecule has 5 heteroatoms. The monoisotopic (exact) mass is 276 g/mol. The third-order valence-electron chi connectivity index (χ3n) is 2.87. The molecule has 1 unspecified atom stereocenters. The van der Waals surface area contributed by atoms with E-state index in [2.05, 4.69) is 10.2 Å². The van der Waals surface area contributed by atoms with Crippen LogP contribution in [0.3, 0.4) is 0 Å². The zero-order chi connectivity index (χ0) is 11.4. The maximum Gasteiger partial charge on any atom is 0.0917 e. The Kier molecular flexibility index (Phi) is 6.23. The van der Waals surface area contributed by atoms with Crippen molar-refractivity contribution >= 4 is 24.0 Å². The molecule has 0 bridgehead atoms. The summed E-state index contributed by atoms with van der Waals surface area (Å²) in [4.78, 5) is 2.27. The van der Waals surface area contributed by atoms with Gasteiger partial charge < -0.3 is 10.4 Å². The topological polar surface area (TPSA) is 35.5 Å². The van der Waals surface area contributed by atoms with Crippen LogP contribution in [0.15, 0.2) is 24.3 Å². The summed E-state index contributed by atoms with van der Waals surface area (Å²) in [6.07, 6.45) is -0.447. The summed E-state index contributed by atoms with van der Waals surface area (Å²) in [5, 5.41) is 14.0. The van der Waals surface area contributed by atoms with Crippen LogP contribution in [-0.4, -0.2) is 42.7 Å².